The summed E-state index contributed by atoms with van der Waals surface area (Å²) in [5, 5.41) is 29.3. The second-order valence-electron chi connectivity index (χ2n) is 8.77. The second kappa shape index (κ2) is 12.2. The van der Waals surface area contributed by atoms with Gasteiger partial charge in [-0.2, -0.15) is 4.39 Å². The lowest BCUT2D eigenvalue weighted by Gasteiger charge is -2.18. The summed E-state index contributed by atoms with van der Waals surface area (Å²) in [6.45, 7) is 7.38. The van der Waals surface area contributed by atoms with E-state index in [4.69, 9.17) is 4.74 Å². The van der Waals surface area contributed by atoms with Crippen LogP contribution in [0, 0.1) is 5.82 Å². The molecule has 0 amide bonds. The van der Waals surface area contributed by atoms with Gasteiger partial charge in [-0.3, -0.25) is 13.9 Å². The normalized spacial score (nSPS) is 23.8. The van der Waals surface area contributed by atoms with Crippen LogP contribution in [-0.4, -0.2) is 49.4 Å². The Morgan fingerprint density at radius 1 is 1.03 bits per heavy atom. The quantitative estimate of drug-likeness (QED) is 0.456. The van der Waals surface area contributed by atoms with Gasteiger partial charge in [0.25, 0.3) is 5.56 Å². The summed E-state index contributed by atoms with van der Waals surface area (Å²) in [6, 6.07) is 0. The SMILES string of the molecule is CC(C)=CCC/C(C)=C/CC/C(C)=C/Cn1c(=O)c(F)cn(C2O[C@H](CO)[C@@H](O)[C@H]2O)c1=O. The summed E-state index contributed by atoms with van der Waals surface area (Å²) < 4.78 is 21.0. The zero-order chi connectivity index (χ0) is 24.7. The van der Waals surface area contributed by atoms with E-state index in [1.165, 1.54) is 11.1 Å². The molecule has 1 aromatic heterocycles. The first kappa shape index (κ1) is 26.9. The molecule has 9 heteroatoms. The lowest BCUT2D eigenvalue weighted by Crippen LogP contribution is -2.44. The molecular formula is C24H35FN2O6. The van der Waals surface area contributed by atoms with Crippen molar-refractivity contribution in [2.75, 3.05) is 6.61 Å². The van der Waals surface area contributed by atoms with Crippen LogP contribution in [0.5, 0.6) is 0 Å². The Morgan fingerprint density at radius 2 is 1.64 bits per heavy atom. The first-order valence-electron chi connectivity index (χ1n) is 11.1. The molecule has 0 radical (unpaired) electrons. The fraction of sp³-hybridized carbons (Fsp3) is 0.583. The van der Waals surface area contributed by atoms with E-state index >= 15 is 0 Å². The van der Waals surface area contributed by atoms with Crippen molar-refractivity contribution in [3.8, 4) is 0 Å². The minimum absolute atomic E-state index is 0.140. The summed E-state index contributed by atoms with van der Waals surface area (Å²) in [6.07, 6.45) is 4.70. The number of nitrogens with zero attached hydrogens (tertiary/aromatic N) is 2. The predicted molar refractivity (Wildman–Crippen MR) is 123 cm³/mol. The fourth-order valence-electron chi connectivity index (χ4n) is 3.63. The Kier molecular flexibility index (Phi) is 9.97. The molecule has 0 aliphatic carbocycles. The van der Waals surface area contributed by atoms with E-state index in [9.17, 15) is 29.3 Å². The van der Waals surface area contributed by atoms with Crippen molar-refractivity contribution in [1.29, 1.82) is 0 Å². The number of hydrogen-bond acceptors (Lipinski definition) is 6. The maximum atomic E-state index is 14.3. The van der Waals surface area contributed by atoms with E-state index in [-0.39, 0.29) is 6.54 Å². The van der Waals surface area contributed by atoms with Crippen molar-refractivity contribution in [2.24, 2.45) is 0 Å². The van der Waals surface area contributed by atoms with Gasteiger partial charge in [0.15, 0.2) is 6.23 Å². The van der Waals surface area contributed by atoms with Gasteiger partial charge in [0.1, 0.15) is 18.3 Å². The summed E-state index contributed by atoms with van der Waals surface area (Å²) in [5.74, 6) is -1.19. The highest BCUT2D eigenvalue weighted by Gasteiger charge is 2.44. The Morgan fingerprint density at radius 3 is 2.21 bits per heavy atom. The number of aromatic nitrogens is 2. The number of allylic oxidation sites excluding steroid dienone is 6. The van der Waals surface area contributed by atoms with Gasteiger partial charge in [-0.15, -0.1) is 0 Å². The highest BCUT2D eigenvalue weighted by atomic mass is 19.1. The maximum Gasteiger partial charge on any atom is 0.333 e. The summed E-state index contributed by atoms with van der Waals surface area (Å²) >= 11 is 0. The van der Waals surface area contributed by atoms with Gasteiger partial charge in [-0.25, -0.2) is 4.79 Å². The van der Waals surface area contributed by atoms with Crippen LogP contribution in [0.3, 0.4) is 0 Å². The van der Waals surface area contributed by atoms with Gasteiger partial charge in [0.05, 0.1) is 12.8 Å². The van der Waals surface area contributed by atoms with Crippen LogP contribution in [0.4, 0.5) is 4.39 Å². The van der Waals surface area contributed by atoms with Crippen LogP contribution in [0.15, 0.2) is 50.7 Å². The average molecular weight is 467 g/mol. The van der Waals surface area contributed by atoms with Crippen molar-refractivity contribution < 1.29 is 24.4 Å². The summed E-state index contributed by atoms with van der Waals surface area (Å²) in [5.41, 5.74) is 1.57. The van der Waals surface area contributed by atoms with Crippen LogP contribution in [0.25, 0.3) is 0 Å². The van der Waals surface area contributed by atoms with Gasteiger partial charge >= 0.3 is 5.69 Å². The molecule has 1 aliphatic rings. The van der Waals surface area contributed by atoms with Crippen LogP contribution in [-0.2, 0) is 11.3 Å². The van der Waals surface area contributed by atoms with Crippen molar-refractivity contribution in [2.45, 2.75) is 84.5 Å². The molecule has 3 N–H and O–H groups in total. The molecule has 0 aromatic carbocycles. The number of halogens is 1. The molecular weight excluding hydrogens is 431 g/mol. The Labute approximate surface area is 192 Å². The number of rotatable bonds is 10. The second-order valence-corrected chi connectivity index (χ2v) is 8.77. The monoisotopic (exact) mass is 466 g/mol. The molecule has 2 rings (SSSR count). The van der Waals surface area contributed by atoms with Gasteiger partial charge in [-0.1, -0.05) is 34.9 Å². The van der Waals surface area contributed by atoms with Crippen LogP contribution in [0.2, 0.25) is 0 Å². The molecule has 8 nitrogen and oxygen atoms in total. The molecule has 0 spiro atoms. The fourth-order valence-corrected chi connectivity index (χ4v) is 3.63. The van der Waals surface area contributed by atoms with Crippen molar-refractivity contribution in [1.82, 2.24) is 9.13 Å². The predicted octanol–water partition coefficient (Wildman–Crippen LogP) is 2.18. The van der Waals surface area contributed by atoms with E-state index in [2.05, 4.69) is 32.9 Å². The zero-order valence-electron chi connectivity index (χ0n) is 19.7. The smallest absolute Gasteiger partial charge is 0.333 e. The van der Waals surface area contributed by atoms with E-state index in [0.717, 1.165) is 35.8 Å². The third-order valence-corrected chi connectivity index (χ3v) is 5.69. The van der Waals surface area contributed by atoms with Crippen molar-refractivity contribution in [3.05, 3.63) is 67.8 Å². The zero-order valence-corrected chi connectivity index (χ0v) is 19.7. The van der Waals surface area contributed by atoms with Gasteiger partial charge in [0, 0.05) is 6.54 Å². The Balaban J connectivity index is 2.11. The maximum absolute atomic E-state index is 14.3. The minimum Gasteiger partial charge on any atom is -0.394 e. The minimum atomic E-state index is -1.56. The van der Waals surface area contributed by atoms with Crippen molar-refractivity contribution >= 4 is 0 Å². The first-order chi connectivity index (χ1) is 15.6. The van der Waals surface area contributed by atoms with Gasteiger partial charge < -0.3 is 20.1 Å². The molecule has 1 unspecified atom stereocenters. The molecule has 1 aromatic rings. The lowest BCUT2D eigenvalue weighted by molar-refractivity contribution is -0.0560. The van der Waals surface area contributed by atoms with E-state index in [1.54, 1.807) is 6.08 Å². The number of ether oxygens (including phenoxy) is 1. The lowest BCUT2D eigenvalue weighted by atomic mass is 10.1. The summed E-state index contributed by atoms with van der Waals surface area (Å²) in [7, 11) is 0. The molecule has 1 fully saturated rings. The first-order valence-corrected chi connectivity index (χ1v) is 11.1. The van der Waals surface area contributed by atoms with E-state index in [1.807, 2.05) is 6.92 Å². The standard InChI is InChI=1S/C24H35FN2O6/c1-15(2)7-5-8-16(3)9-6-10-17(4)11-12-26-22(31)18(25)13-27(24(26)32)23-21(30)20(29)19(14-28)33-23/h7,9,11,13,19-21,23,28-30H,5-6,8,10,12,14H2,1-4H3/b16-9+,17-11+/t19-,20-,21-,23?/m1/s1. The molecule has 1 saturated heterocycles. The molecule has 0 saturated carbocycles. The Bertz CT molecular complexity index is 1020. The van der Waals surface area contributed by atoms with E-state index < -0.39 is 48.2 Å². The van der Waals surface area contributed by atoms with Crippen molar-refractivity contribution in [3.63, 3.8) is 0 Å². The molecule has 33 heavy (non-hydrogen) atoms. The third kappa shape index (κ3) is 7.07. The van der Waals surface area contributed by atoms with Crippen LogP contribution in [0.1, 0.15) is 59.6 Å². The third-order valence-electron chi connectivity index (χ3n) is 5.69. The molecule has 184 valence electrons. The van der Waals surface area contributed by atoms with Gasteiger partial charge in [-0.05, 0) is 53.4 Å². The molecule has 0 bridgehead atoms. The summed E-state index contributed by atoms with van der Waals surface area (Å²) in [4.78, 5) is 25.0. The molecule has 1 aliphatic heterocycles. The molecule has 2 heterocycles. The molecule has 4 atom stereocenters. The number of aliphatic hydroxyl groups excluding tert-OH is 3. The van der Waals surface area contributed by atoms with Gasteiger partial charge in [0.2, 0.25) is 5.82 Å². The number of aliphatic hydroxyl groups is 3. The van der Waals surface area contributed by atoms with E-state index in [0.29, 0.717) is 10.8 Å². The van der Waals surface area contributed by atoms with Crippen LogP contribution < -0.4 is 11.2 Å². The Hall–Kier alpha value is -2.33. The number of hydrogen-bond donors (Lipinski definition) is 3. The highest BCUT2D eigenvalue weighted by Crippen LogP contribution is 2.28. The topological polar surface area (TPSA) is 114 Å². The highest BCUT2D eigenvalue weighted by molar-refractivity contribution is 5.06. The average Bonchev–Trinajstić information content (AvgIpc) is 3.04. The van der Waals surface area contributed by atoms with Crippen LogP contribution >= 0.6 is 0 Å². The largest absolute Gasteiger partial charge is 0.394 e.